The Hall–Kier alpha value is -2.83. The maximum Gasteiger partial charge on any atom is 0.364 e. The molecule has 0 saturated carbocycles. The Morgan fingerprint density at radius 1 is 1.14 bits per heavy atom. The first kappa shape index (κ1) is 18.5. The van der Waals surface area contributed by atoms with Gasteiger partial charge in [0.15, 0.2) is 0 Å². The van der Waals surface area contributed by atoms with E-state index in [0.29, 0.717) is 19.8 Å². The van der Waals surface area contributed by atoms with E-state index in [-0.39, 0.29) is 5.92 Å². The Morgan fingerprint density at radius 2 is 1.86 bits per heavy atom. The lowest BCUT2D eigenvalue weighted by molar-refractivity contribution is -0.262. The number of rotatable bonds is 6. The molecule has 0 spiro atoms. The number of para-hydroxylation sites is 1. The molecule has 4 rings (SSSR count). The predicted molar refractivity (Wildman–Crippen MR) is 105 cm³/mol. The molecule has 1 aromatic heterocycles. The van der Waals surface area contributed by atoms with E-state index < -0.39 is 11.8 Å². The molecular weight excluding hydrogens is 358 g/mol. The van der Waals surface area contributed by atoms with E-state index in [1.54, 1.807) is 0 Å². The lowest BCUT2D eigenvalue weighted by Gasteiger charge is -2.34. The van der Waals surface area contributed by atoms with Crippen LogP contribution in [0.4, 0.5) is 0 Å². The number of hydrogen-bond donors (Lipinski definition) is 1. The van der Waals surface area contributed by atoms with Crippen LogP contribution in [0.2, 0.25) is 0 Å². The molecule has 2 aromatic carbocycles. The molecular formula is C22H23NO5. The smallest absolute Gasteiger partial charge is 0.364 e. The molecule has 1 fully saturated rings. The van der Waals surface area contributed by atoms with Gasteiger partial charge in [-0.25, -0.2) is 4.79 Å². The van der Waals surface area contributed by atoms with Crippen LogP contribution >= 0.6 is 0 Å². The van der Waals surface area contributed by atoms with Crippen molar-refractivity contribution in [2.24, 2.45) is 0 Å². The van der Waals surface area contributed by atoms with Crippen molar-refractivity contribution >= 4 is 16.9 Å². The van der Waals surface area contributed by atoms with Crippen molar-refractivity contribution in [3.05, 3.63) is 66.4 Å². The molecule has 0 radical (unpaired) electrons. The van der Waals surface area contributed by atoms with Crippen LogP contribution in [0.15, 0.2) is 60.8 Å². The van der Waals surface area contributed by atoms with Gasteiger partial charge in [0.2, 0.25) is 0 Å². The number of carboxylic acids is 1. The first-order chi connectivity index (χ1) is 13.5. The number of fused-ring (bicyclic) bond motifs is 1. The van der Waals surface area contributed by atoms with Gasteiger partial charge in [-0.2, -0.15) is 0 Å². The van der Waals surface area contributed by atoms with Crippen molar-refractivity contribution in [1.82, 2.24) is 4.57 Å². The molecule has 3 aromatic rings. The van der Waals surface area contributed by atoms with Crippen LogP contribution in [0.1, 0.15) is 18.4 Å². The van der Waals surface area contributed by atoms with Gasteiger partial charge in [0.25, 0.3) is 5.79 Å². The number of carbonyl (C=O) groups is 1. The van der Waals surface area contributed by atoms with Crippen molar-refractivity contribution in [2.45, 2.75) is 25.2 Å². The zero-order valence-electron chi connectivity index (χ0n) is 15.7. The minimum atomic E-state index is -1.55. The first-order valence-electron chi connectivity index (χ1n) is 9.33. The number of aromatic nitrogens is 1. The summed E-state index contributed by atoms with van der Waals surface area (Å²) in [7, 11) is 0. The van der Waals surface area contributed by atoms with Crippen LogP contribution in [0.25, 0.3) is 10.9 Å². The van der Waals surface area contributed by atoms with Gasteiger partial charge < -0.3 is 23.9 Å². The largest absolute Gasteiger partial charge is 0.492 e. The third-order valence-corrected chi connectivity index (χ3v) is 5.14. The molecule has 1 aliphatic heterocycles. The van der Waals surface area contributed by atoms with Crippen molar-refractivity contribution in [3.8, 4) is 5.75 Å². The maximum atomic E-state index is 11.2. The van der Waals surface area contributed by atoms with Gasteiger partial charge in [0.05, 0.1) is 19.8 Å². The van der Waals surface area contributed by atoms with Gasteiger partial charge in [0.1, 0.15) is 12.4 Å². The quantitative estimate of drug-likeness (QED) is 0.706. The van der Waals surface area contributed by atoms with Crippen LogP contribution in [-0.4, -0.2) is 41.3 Å². The summed E-state index contributed by atoms with van der Waals surface area (Å²) in [5.41, 5.74) is 2.24. The minimum absolute atomic E-state index is 0.00714. The lowest BCUT2D eigenvalue weighted by Crippen LogP contribution is -2.47. The Kier molecular flexibility index (Phi) is 5.07. The summed E-state index contributed by atoms with van der Waals surface area (Å²) < 4.78 is 18.9. The number of carboxylic acid groups (broad SMARTS) is 1. The number of hydrogen-bond acceptors (Lipinski definition) is 4. The monoisotopic (exact) mass is 381 g/mol. The van der Waals surface area contributed by atoms with Crippen LogP contribution in [0.5, 0.6) is 5.75 Å². The summed E-state index contributed by atoms with van der Waals surface area (Å²) in [6, 6.07) is 18.2. The summed E-state index contributed by atoms with van der Waals surface area (Å²) >= 11 is 0. The van der Waals surface area contributed by atoms with E-state index in [2.05, 4.69) is 29.0 Å². The second kappa shape index (κ2) is 7.66. The molecule has 1 saturated heterocycles. The van der Waals surface area contributed by atoms with Crippen LogP contribution < -0.4 is 4.74 Å². The highest BCUT2D eigenvalue weighted by Crippen LogP contribution is 2.29. The molecule has 0 bridgehead atoms. The molecule has 0 aliphatic carbocycles. The normalized spacial score (nSPS) is 22.2. The Labute approximate surface area is 163 Å². The molecule has 0 amide bonds. The van der Waals surface area contributed by atoms with Crippen molar-refractivity contribution < 1.29 is 24.1 Å². The summed E-state index contributed by atoms with van der Waals surface area (Å²) in [4.78, 5) is 11.2. The first-order valence-corrected chi connectivity index (χ1v) is 9.33. The second-order valence-corrected chi connectivity index (χ2v) is 7.06. The minimum Gasteiger partial charge on any atom is -0.492 e. The highest BCUT2D eigenvalue weighted by Gasteiger charge is 2.40. The zero-order valence-corrected chi connectivity index (χ0v) is 15.7. The summed E-state index contributed by atoms with van der Waals surface area (Å²) in [5.74, 6) is -1.85. The standard InChI is InChI=1S/C22H23NO5/c1-22(21(24)25)27-14-18(15-28-22)16-6-8-19(9-7-16)26-13-12-23-11-10-17-4-2-3-5-20(17)23/h2-11,18H,12-15H2,1H3,(H,24,25)/t18-,22+. The van der Waals surface area contributed by atoms with Gasteiger partial charge in [0, 0.05) is 24.6 Å². The average Bonchev–Trinajstić information content (AvgIpc) is 3.12. The van der Waals surface area contributed by atoms with Crippen LogP contribution in [0.3, 0.4) is 0 Å². The van der Waals surface area contributed by atoms with Crippen molar-refractivity contribution in [1.29, 1.82) is 0 Å². The van der Waals surface area contributed by atoms with Crippen molar-refractivity contribution in [3.63, 3.8) is 0 Å². The molecule has 28 heavy (non-hydrogen) atoms. The van der Waals surface area contributed by atoms with Gasteiger partial charge >= 0.3 is 5.97 Å². The zero-order chi connectivity index (χ0) is 19.6. The fraction of sp³-hybridized carbons (Fsp3) is 0.318. The summed E-state index contributed by atoms with van der Waals surface area (Å²) in [6.45, 7) is 3.39. The van der Waals surface area contributed by atoms with Gasteiger partial charge in [-0.05, 0) is 35.2 Å². The molecule has 0 atom stereocenters. The second-order valence-electron chi connectivity index (χ2n) is 7.06. The van der Waals surface area contributed by atoms with Gasteiger partial charge in [-0.1, -0.05) is 30.3 Å². The van der Waals surface area contributed by atoms with Crippen LogP contribution in [-0.2, 0) is 20.8 Å². The predicted octanol–water partition coefficient (Wildman–Crippen LogP) is 3.65. The number of nitrogens with zero attached hydrogens (tertiary/aromatic N) is 1. The third-order valence-electron chi connectivity index (χ3n) is 5.14. The van der Waals surface area contributed by atoms with E-state index in [9.17, 15) is 4.79 Å². The molecule has 6 heteroatoms. The van der Waals surface area contributed by atoms with Gasteiger partial charge in [-0.15, -0.1) is 0 Å². The molecule has 6 nitrogen and oxygen atoms in total. The molecule has 1 aliphatic rings. The number of benzene rings is 2. The fourth-order valence-corrected chi connectivity index (χ4v) is 3.36. The number of ether oxygens (including phenoxy) is 3. The Bertz CT molecular complexity index is 954. The lowest BCUT2D eigenvalue weighted by atomic mass is 9.99. The molecule has 146 valence electrons. The highest BCUT2D eigenvalue weighted by molar-refractivity contribution is 5.79. The SMILES string of the molecule is C[C@]1(C(=O)O)OC[C@@H](c2ccc(OCCn3ccc4ccccc43)cc2)CO1. The van der Waals surface area contributed by atoms with Gasteiger partial charge in [-0.3, -0.25) is 0 Å². The molecule has 0 unspecified atom stereocenters. The Morgan fingerprint density at radius 3 is 2.57 bits per heavy atom. The van der Waals surface area contributed by atoms with Crippen LogP contribution in [0, 0.1) is 0 Å². The van der Waals surface area contributed by atoms with E-state index in [4.69, 9.17) is 19.3 Å². The fourth-order valence-electron chi connectivity index (χ4n) is 3.36. The van der Waals surface area contributed by atoms with Crippen molar-refractivity contribution in [2.75, 3.05) is 19.8 Å². The molecule has 1 N–H and O–H groups in total. The summed E-state index contributed by atoms with van der Waals surface area (Å²) in [5, 5.41) is 10.4. The topological polar surface area (TPSA) is 69.9 Å². The number of aliphatic carboxylic acids is 1. The van der Waals surface area contributed by atoms with E-state index in [1.165, 1.54) is 17.8 Å². The van der Waals surface area contributed by atoms with E-state index >= 15 is 0 Å². The summed E-state index contributed by atoms with van der Waals surface area (Å²) in [6.07, 6.45) is 2.07. The third kappa shape index (κ3) is 3.74. The highest BCUT2D eigenvalue weighted by atomic mass is 16.7. The van der Waals surface area contributed by atoms with E-state index in [1.807, 2.05) is 36.4 Å². The molecule has 2 heterocycles. The average molecular weight is 381 g/mol. The van der Waals surface area contributed by atoms with E-state index in [0.717, 1.165) is 17.9 Å². The Balaban J connectivity index is 1.31. The maximum absolute atomic E-state index is 11.2.